The molecule has 0 unspecified atom stereocenters. The van der Waals surface area contributed by atoms with Crippen LogP contribution in [0.5, 0.6) is 0 Å². The number of H-pyrrole nitrogens is 1. The number of aromatic nitrogens is 2. The zero-order chi connectivity index (χ0) is 21.0. The molecule has 0 saturated heterocycles. The highest BCUT2D eigenvalue weighted by Crippen LogP contribution is 2.38. The van der Waals surface area contributed by atoms with Crippen LogP contribution >= 0.6 is 23.3 Å². The van der Waals surface area contributed by atoms with E-state index >= 15 is 0 Å². The van der Waals surface area contributed by atoms with Gasteiger partial charge in [-0.1, -0.05) is 26.0 Å². The summed E-state index contributed by atoms with van der Waals surface area (Å²) in [6.07, 6.45) is 3.95. The third-order valence-electron chi connectivity index (χ3n) is 4.74. The molecular formula is C24H29N3S2. The van der Waals surface area contributed by atoms with E-state index in [0.717, 1.165) is 5.65 Å². The highest BCUT2D eigenvalue weighted by Gasteiger charge is 2.19. The molecule has 0 amide bonds. The first-order chi connectivity index (χ1) is 13.9. The van der Waals surface area contributed by atoms with Crippen LogP contribution in [0.4, 0.5) is 0 Å². The second-order valence-electron chi connectivity index (χ2n) is 7.58. The molecule has 0 radical (unpaired) electrons. The van der Waals surface area contributed by atoms with E-state index in [9.17, 15) is 0 Å². The van der Waals surface area contributed by atoms with E-state index in [1.807, 2.05) is 20.0 Å². The van der Waals surface area contributed by atoms with Crippen LogP contribution in [0.2, 0.25) is 0 Å². The molecule has 0 atom stereocenters. The van der Waals surface area contributed by atoms with Crippen molar-refractivity contribution in [2.75, 3.05) is 7.05 Å². The van der Waals surface area contributed by atoms with Crippen LogP contribution in [0, 0.1) is 0 Å². The molecule has 0 aliphatic heterocycles. The van der Waals surface area contributed by atoms with Crippen molar-refractivity contribution in [1.82, 2.24) is 14.3 Å². The maximum Gasteiger partial charge on any atom is 0.138 e. The Hall–Kier alpha value is -2.08. The predicted octanol–water partition coefficient (Wildman–Crippen LogP) is 7.72. The molecule has 3 heterocycles. The van der Waals surface area contributed by atoms with Crippen LogP contribution in [-0.2, 0) is 0 Å². The highest BCUT2D eigenvalue weighted by molar-refractivity contribution is 7.97. The Morgan fingerprint density at radius 3 is 2.52 bits per heavy atom. The van der Waals surface area contributed by atoms with Crippen molar-refractivity contribution in [2.24, 2.45) is 0 Å². The van der Waals surface area contributed by atoms with Crippen LogP contribution in [0.15, 0.2) is 64.4 Å². The molecule has 1 N–H and O–H groups in total. The summed E-state index contributed by atoms with van der Waals surface area (Å²) in [5.74, 6) is 0. The van der Waals surface area contributed by atoms with Gasteiger partial charge in [0.05, 0.1) is 0 Å². The fraction of sp³-hybridized carbons (Fsp3) is 0.292. The molecule has 0 spiro atoms. The Labute approximate surface area is 182 Å². The Morgan fingerprint density at radius 1 is 1.03 bits per heavy atom. The minimum Gasteiger partial charge on any atom is -0.345 e. The maximum atomic E-state index is 4.54. The van der Waals surface area contributed by atoms with Crippen LogP contribution in [0.25, 0.3) is 33.3 Å². The lowest BCUT2D eigenvalue weighted by atomic mass is 10.00. The van der Waals surface area contributed by atoms with E-state index in [2.05, 4.69) is 95.4 Å². The maximum absolute atomic E-state index is 4.54. The second kappa shape index (κ2) is 9.16. The monoisotopic (exact) mass is 423 g/mol. The Balaban J connectivity index is 0.00000117. The van der Waals surface area contributed by atoms with Gasteiger partial charge in [-0.15, -0.1) is 0 Å². The number of thiophene rings is 1. The summed E-state index contributed by atoms with van der Waals surface area (Å²) < 4.78 is 2.29. The first-order valence-electron chi connectivity index (χ1n) is 9.94. The van der Waals surface area contributed by atoms with Crippen molar-refractivity contribution >= 4 is 34.3 Å². The molecule has 4 rings (SSSR count). The minimum atomic E-state index is 0.109. The average Bonchev–Trinajstić information content (AvgIpc) is 3.39. The number of pyridine rings is 1. The Morgan fingerprint density at radius 2 is 1.83 bits per heavy atom. The lowest BCUT2D eigenvalue weighted by molar-refractivity contribution is 0.319. The number of aromatic amines is 1. The largest absolute Gasteiger partial charge is 0.345 e. The molecule has 3 nitrogen and oxygen atoms in total. The Bertz CT molecular complexity index is 1060. The van der Waals surface area contributed by atoms with Gasteiger partial charge in [0.2, 0.25) is 0 Å². The van der Waals surface area contributed by atoms with Gasteiger partial charge in [0, 0.05) is 33.8 Å². The van der Waals surface area contributed by atoms with Gasteiger partial charge in [0.15, 0.2) is 0 Å². The van der Waals surface area contributed by atoms with Crippen molar-refractivity contribution in [3.05, 3.63) is 59.6 Å². The summed E-state index contributed by atoms with van der Waals surface area (Å²) in [6.45, 7) is 10.7. The summed E-state index contributed by atoms with van der Waals surface area (Å²) >= 11 is 3.50. The molecule has 152 valence electrons. The van der Waals surface area contributed by atoms with E-state index in [-0.39, 0.29) is 5.54 Å². The average molecular weight is 424 g/mol. The molecule has 1 aromatic carbocycles. The molecule has 0 aliphatic carbocycles. The lowest BCUT2D eigenvalue weighted by Gasteiger charge is -2.30. The van der Waals surface area contributed by atoms with Crippen molar-refractivity contribution in [2.45, 2.75) is 45.1 Å². The molecule has 3 aromatic heterocycles. The topological polar surface area (TPSA) is 31.9 Å². The van der Waals surface area contributed by atoms with Crippen LogP contribution in [0.1, 0.15) is 34.6 Å². The normalized spacial score (nSPS) is 11.6. The van der Waals surface area contributed by atoms with Gasteiger partial charge in [0.1, 0.15) is 5.65 Å². The zero-order valence-electron chi connectivity index (χ0n) is 18.0. The molecular weight excluding hydrogens is 394 g/mol. The fourth-order valence-electron chi connectivity index (χ4n) is 2.96. The van der Waals surface area contributed by atoms with Crippen LogP contribution in [0.3, 0.4) is 0 Å². The Kier molecular flexibility index (Phi) is 6.83. The number of nitrogens with zero attached hydrogens (tertiary/aromatic N) is 2. The van der Waals surface area contributed by atoms with Gasteiger partial charge in [-0.05, 0) is 91.5 Å². The van der Waals surface area contributed by atoms with Gasteiger partial charge >= 0.3 is 0 Å². The summed E-state index contributed by atoms with van der Waals surface area (Å²) in [5.41, 5.74) is 5.91. The standard InChI is InChI=1S/C22H23N3S2.C2H6/c1-22(2,3)25(4)27-17-7-5-6-15(12-17)19-13-24-21-20(19)18(8-10-23-21)16-9-11-26-14-16;1-2/h5-14H,1-4H3,(H,23,24);1-2H3. The van der Waals surface area contributed by atoms with Gasteiger partial charge in [-0.25, -0.2) is 9.29 Å². The SMILES string of the molecule is CC.CN(Sc1cccc(-c2c[nH]c3nccc(-c4ccsc4)c23)c1)C(C)(C)C. The van der Waals surface area contributed by atoms with E-state index in [0.29, 0.717) is 0 Å². The number of benzene rings is 1. The highest BCUT2D eigenvalue weighted by atomic mass is 32.2. The molecule has 0 saturated carbocycles. The van der Waals surface area contributed by atoms with Crippen LogP contribution in [-0.4, -0.2) is 26.9 Å². The fourth-order valence-corrected chi connectivity index (χ4v) is 4.52. The number of fused-ring (bicyclic) bond motifs is 1. The predicted molar refractivity (Wildman–Crippen MR) is 130 cm³/mol. The molecule has 0 aliphatic rings. The number of nitrogens with one attached hydrogen (secondary N) is 1. The summed E-state index contributed by atoms with van der Waals surface area (Å²) in [6, 6.07) is 13.0. The molecule has 0 bridgehead atoms. The first kappa shape index (κ1) is 21.6. The van der Waals surface area contributed by atoms with Crippen molar-refractivity contribution in [3.63, 3.8) is 0 Å². The molecule has 4 aromatic rings. The third-order valence-corrected chi connectivity index (χ3v) is 6.71. The smallest absolute Gasteiger partial charge is 0.138 e. The number of hydrogen-bond donors (Lipinski definition) is 1. The molecule has 5 heteroatoms. The van der Waals surface area contributed by atoms with E-state index in [4.69, 9.17) is 0 Å². The zero-order valence-corrected chi connectivity index (χ0v) is 19.6. The number of rotatable bonds is 4. The van der Waals surface area contributed by atoms with Gasteiger partial charge in [-0.2, -0.15) is 11.3 Å². The lowest BCUT2D eigenvalue weighted by Crippen LogP contribution is -2.32. The van der Waals surface area contributed by atoms with Gasteiger partial charge < -0.3 is 4.98 Å². The molecule has 0 fully saturated rings. The van der Waals surface area contributed by atoms with E-state index in [1.54, 1.807) is 23.3 Å². The second-order valence-corrected chi connectivity index (χ2v) is 9.57. The quantitative estimate of drug-likeness (QED) is 0.341. The third kappa shape index (κ3) is 4.74. The summed E-state index contributed by atoms with van der Waals surface area (Å²) in [5, 5.41) is 5.49. The van der Waals surface area contributed by atoms with Gasteiger partial charge in [0.25, 0.3) is 0 Å². The van der Waals surface area contributed by atoms with Crippen molar-refractivity contribution < 1.29 is 0 Å². The van der Waals surface area contributed by atoms with Crippen molar-refractivity contribution in [1.29, 1.82) is 0 Å². The van der Waals surface area contributed by atoms with E-state index < -0.39 is 0 Å². The summed E-state index contributed by atoms with van der Waals surface area (Å²) in [4.78, 5) is 9.12. The van der Waals surface area contributed by atoms with Crippen LogP contribution < -0.4 is 0 Å². The van der Waals surface area contributed by atoms with Gasteiger partial charge in [-0.3, -0.25) is 0 Å². The number of hydrogen-bond acceptors (Lipinski definition) is 4. The first-order valence-corrected chi connectivity index (χ1v) is 11.7. The summed E-state index contributed by atoms with van der Waals surface area (Å²) in [7, 11) is 2.14. The van der Waals surface area contributed by atoms with Crippen molar-refractivity contribution in [3.8, 4) is 22.3 Å². The van der Waals surface area contributed by atoms with E-state index in [1.165, 1.54) is 32.5 Å². The minimum absolute atomic E-state index is 0.109. The molecule has 29 heavy (non-hydrogen) atoms.